The number of hydrogen-bond donors (Lipinski definition) is 1. The van der Waals surface area contributed by atoms with Crippen molar-refractivity contribution >= 4 is 32.9 Å². The fourth-order valence-electron chi connectivity index (χ4n) is 3.70. The van der Waals surface area contributed by atoms with Gasteiger partial charge in [-0.2, -0.15) is 0 Å². The Hall–Kier alpha value is -4.17. The van der Waals surface area contributed by atoms with Crippen molar-refractivity contribution in [2.45, 2.75) is 6.54 Å². The number of fused-ring (bicyclic) bond motifs is 1. The van der Waals surface area contributed by atoms with Crippen LogP contribution in [0.3, 0.4) is 0 Å². The van der Waals surface area contributed by atoms with E-state index in [4.69, 9.17) is 9.47 Å². The lowest BCUT2D eigenvalue weighted by Gasteiger charge is -2.10. The van der Waals surface area contributed by atoms with Crippen molar-refractivity contribution in [3.63, 3.8) is 0 Å². The summed E-state index contributed by atoms with van der Waals surface area (Å²) in [6.45, 7) is 1.31. The summed E-state index contributed by atoms with van der Waals surface area (Å²) >= 11 is 3.41. The standard InChI is InChI=1S/C28H23BrN4O3/c29-22-4-8-24(9-5-22)35-14-15-36-25-10-6-23(7-11-25)33-19-32-26-16-21(3-12-27(26)33)28(34)31-18-20-2-1-13-30-17-20/h1-13,16-17,19H,14-15,18H2,(H,31,34). The van der Waals surface area contributed by atoms with Crippen LogP contribution >= 0.6 is 15.9 Å². The van der Waals surface area contributed by atoms with Gasteiger partial charge in [-0.1, -0.05) is 22.0 Å². The summed E-state index contributed by atoms with van der Waals surface area (Å²) in [6, 6.07) is 24.8. The van der Waals surface area contributed by atoms with Gasteiger partial charge in [0.15, 0.2) is 0 Å². The highest BCUT2D eigenvalue weighted by Gasteiger charge is 2.10. The topological polar surface area (TPSA) is 78.3 Å². The van der Waals surface area contributed by atoms with E-state index in [0.29, 0.717) is 25.3 Å². The molecular weight excluding hydrogens is 520 g/mol. The molecule has 0 aliphatic rings. The Morgan fingerprint density at radius 3 is 2.33 bits per heavy atom. The summed E-state index contributed by atoms with van der Waals surface area (Å²) in [7, 11) is 0. The maximum Gasteiger partial charge on any atom is 0.251 e. The number of nitrogens with one attached hydrogen (secondary N) is 1. The van der Waals surface area contributed by atoms with Gasteiger partial charge in [0.25, 0.3) is 5.91 Å². The normalized spacial score (nSPS) is 10.8. The molecule has 2 aromatic heterocycles. The number of carbonyl (C=O) groups is 1. The van der Waals surface area contributed by atoms with Crippen molar-refractivity contribution in [3.05, 3.63) is 113 Å². The molecule has 0 spiro atoms. The summed E-state index contributed by atoms with van der Waals surface area (Å²) in [4.78, 5) is 21.1. The smallest absolute Gasteiger partial charge is 0.251 e. The lowest BCUT2D eigenvalue weighted by atomic mass is 10.1. The zero-order chi connectivity index (χ0) is 24.7. The Kier molecular flexibility index (Phi) is 7.23. The maximum absolute atomic E-state index is 12.6. The van der Waals surface area contributed by atoms with Gasteiger partial charge in [-0.3, -0.25) is 14.3 Å². The Morgan fingerprint density at radius 1 is 0.917 bits per heavy atom. The van der Waals surface area contributed by atoms with Crippen molar-refractivity contribution in [1.29, 1.82) is 0 Å². The van der Waals surface area contributed by atoms with Crippen LogP contribution in [0.4, 0.5) is 0 Å². The van der Waals surface area contributed by atoms with Crippen LogP contribution in [0.2, 0.25) is 0 Å². The van der Waals surface area contributed by atoms with Crippen LogP contribution in [0.1, 0.15) is 15.9 Å². The summed E-state index contributed by atoms with van der Waals surface area (Å²) < 4.78 is 14.5. The van der Waals surface area contributed by atoms with Crippen LogP contribution < -0.4 is 14.8 Å². The fraction of sp³-hybridized carbons (Fsp3) is 0.107. The molecule has 5 rings (SSSR count). The van der Waals surface area contributed by atoms with Crippen molar-refractivity contribution in [2.24, 2.45) is 0 Å². The number of benzene rings is 3. The number of amides is 1. The molecule has 3 aromatic carbocycles. The minimum Gasteiger partial charge on any atom is -0.490 e. The van der Waals surface area contributed by atoms with Crippen LogP contribution in [0.15, 0.2) is 102 Å². The molecule has 0 atom stereocenters. The molecule has 7 nitrogen and oxygen atoms in total. The van der Waals surface area contributed by atoms with Crippen LogP contribution in [-0.4, -0.2) is 33.7 Å². The molecule has 0 aliphatic carbocycles. The lowest BCUT2D eigenvalue weighted by molar-refractivity contribution is 0.0951. The van der Waals surface area contributed by atoms with Gasteiger partial charge in [0.05, 0.1) is 11.0 Å². The number of carbonyl (C=O) groups excluding carboxylic acids is 1. The average molecular weight is 543 g/mol. The van der Waals surface area contributed by atoms with E-state index in [1.54, 1.807) is 24.8 Å². The predicted octanol–water partition coefficient (Wildman–Crippen LogP) is 5.57. The highest BCUT2D eigenvalue weighted by Crippen LogP contribution is 2.22. The molecule has 0 saturated heterocycles. The number of hydrogen-bond acceptors (Lipinski definition) is 5. The van der Waals surface area contributed by atoms with Crippen LogP contribution in [0, 0.1) is 0 Å². The third-order valence-electron chi connectivity index (χ3n) is 5.53. The number of ether oxygens (including phenoxy) is 2. The third kappa shape index (κ3) is 5.72. The summed E-state index contributed by atoms with van der Waals surface area (Å²) in [5.41, 5.74) is 4.11. The fourth-order valence-corrected chi connectivity index (χ4v) is 3.96. The monoisotopic (exact) mass is 542 g/mol. The molecule has 0 aliphatic heterocycles. The molecule has 36 heavy (non-hydrogen) atoms. The van der Waals surface area contributed by atoms with Crippen molar-refractivity contribution in [2.75, 3.05) is 13.2 Å². The largest absolute Gasteiger partial charge is 0.490 e. The molecule has 2 heterocycles. The second-order valence-electron chi connectivity index (χ2n) is 8.01. The number of halogens is 1. The van der Waals surface area contributed by atoms with Crippen LogP contribution in [-0.2, 0) is 6.54 Å². The van der Waals surface area contributed by atoms with Gasteiger partial charge in [0, 0.05) is 34.7 Å². The van der Waals surface area contributed by atoms with Gasteiger partial charge in [0.2, 0.25) is 0 Å². The first-order valence-electron chi connectivity index (χ1n) is 11.4. The van der Waals surface area contributed by atoms with E-state index >= 15 is 0 Å². The van der Waals surface area contributed by atoms with Gasteiger partial charge >= 0.3 is 0 Å². The Morgan fingerprint density at radius 2 is 1.64 bits per heavy atom. The third-order valence-corrected chi connectivity index (χ3v) is 6.06. The summed E-state index contributed by atoms with van der Waals surface area (Å²) in [5, 5.41) is 2.92. The Bertz CT molecular complexity index is 1450. The number of pyridine rings is 1. The maximum atomic E-state index is 12.6. The second-order valence-corrected chi connectivity index (χ2v) is 8.92. The van der Waals surface area contributed by atoms with E-state index in [9.17, 15) is 4.79 Å². The highest BCUT2D eigenvalue weighted by atomic mass is 79.9. The first kappa shape index (κ1) is 23.6. The van der Waals surface area contributed by atoms with E-state index in [1.165, 1.54) is 0 Å². The SMILES string of the molecule is O=C(NCc1cccnc1)c1ccc2c(c1)ncn2-c1ccc(OCCOc2ccc(Br)cc2)cc1. The molecule has 5 aromatic rings. The quantitative estimate of drug-likeness (QED) is 0.246. The summed E-state index contributed by atoms with van der Waals surface area (Å²) in [5.74, 6) is 1.41. The van der Waals surface area contributed by atoms with E-state index < -0.39 is 0 Å². The van der Waals surface area contributed by atoms with Gasteiger partial charge in [-0.15, -0.1) is 0 Å². The first-order valence-corrected chi connectivity index (χ1v) is 12.2. The molecule has 0 saturated carbocycles. The minimum atomic E-state index is -0.152. The molecule has 0 fully saturated rings. The highest BCUT2D eigenvalue weighted by molar-refractivity contribution is 9.10. The van der Waals surface area contributed by atoms with E-state index in [2.05, 4.69) is 31.2 Å². The molecule has 0 bridgehead atoms. The molecule has 1 amide bonds. The summed E-state index contributed by atoms with van der Waals surface area (Å²) in [6.07, 6.45) is 5.20. The zero-order valence-corrected chi connectivity index (χ0v) is 20.9. The van der Waals surface area contributed by atoms with Gasteiger partial charge in [0.1, 0.15) is 31.0 Å². The Balaban J connectivity index is 1.18. The van der Waals surface area contributed by atoms with E-state index in [0.717, 1.165) is 38.3 Å². The molecular formula is C28H23BrN4O3. The molecule has 0 unspecified atom stereocenters. The first-order chi connectivity index (χ1) is 17.7. The molecule has 8 heteroatoms. The van der Waals surface area contributed by atoms with Crippen molar-refractivity contribution < 1.29 is 14.3 Å². The van der Waals surface area contributed by atoms with Crippen LogP contribution in [0.25, 0.3) is 16.7 Å². The minimum absolute atomic E-state index is 0.152. The molecule has 0 radical (unpaired) electrons. The number of nitrogens with zero attached hydrogens (tertiary/aromatic N) is 3. The second kappa shape index (κ2) is 11.0. The van der Waals surface area contributed by atoms with Crippen molar-refractivity contribution in [1.82, 2.24) is 19.9 Å². The van der Waals surface area contributed by atoms with Crippen LogP contribution in [0.5, 0.6) is 11.5 Å². The van der Waals surface area contributed by atoms with E-state index in [-0.39, 0.29) is 5.91 Å². The van der Waals surface area contributed by atoms with Crippen molar-refractivity contribution in [3.8, 4) is 17.2 Å². The number of aromatic nitrogens is 3. The zero-order valence-electron chi connectivity index (χ0n) is 19.3. The number of rotatable bonds is 9. The van der Waals surface area contributed by atoms with Gasteiger partial charge < -0.3 is 14.8 Å². The predicted molar refractivity (Wildman–Crippen MR) is 142 cm³/mol. The van der Waals surface area contributed by atoms with E-state index in [1.807, 2.05) is 77.4 Å². The molecule has 1 N–H and O–H groups in total. The average Bonchev–Trinajstić information content (AvgIpc) is 3.35. The van der Waals surface area contributed by atoms with Gasteiger partial charge in [-0.05, 0) is 78.4 Å². The van der Waals surface area contributed by atoms with Gasteiger partial charge in [-0.25, -0.2) is 4.98 Å². The Labute approximate surface area is 216 Å². The lowest BCUT2D eigenvalue weighted by Crippen LogP contribution is -2.22. The molecule has 180 valence electrons. The number of imidazole rings is 1.